The van der Waals surface area contributed by atoms with Crippen molar-refractivity contribution >= 4 is 12.2 Å². The summed E-state index contributed by atoms with van der Waals surface area (Å²) in [7, 11) is 0. The van der Waals surface area contributed by atoms with Crippen molar-refractivity contribution in [1.82, 2.24) is 0 Å². The molecule has 2 aliphatic carbocycles. The molecule has 0 saturated heterocycles. The first-order valence-electron chi connectivity index (χ1n) is 12.5. The molecule has 0 unspecified atom stereocenters. The molecule has 0 amide bonds. The molecule has 0 heterocycles. The van der Waals surface area contributed by atoms with E-state index in [1.54, 1.807) is 0 Å². The summed E-state index contributed by atoms with van der Waals surface area (Å²) in [5, 5.41) is 0. The summed E-state index contributed by atoms with van der Waals surface area (Å²) in [4.78, 5) is 0. The summed E-state index contributed by atoms with van der Waals surface area (Å²) in [5.41, 5.74) is 11.0. The van der Waals surface area contributed by atoms with Crippen molar-refractivity contribution in [2.75, 3.05) is 0 Å². The van der Waals surface area contributed by atoms with Crippen LogP contribution in [0.4, 0.5) is 0 Å². The van der Waals surface area contributed by atoms with E-state index in [-0.39, 0.29) is 11.8 Å². The summed E-state index contributed by atoms with van der Waals surface area (Å²) in [5.74, 6) is 0.522. The summed E-state index contributed by atoms with van der Waals surface area (Å²) in [6.07, 6.45) is 13.8. The highest BCUT2D eigenvalue weighted by Crippen LogP contribution is 2.38. The lowest BCUT2D eigenvalue weighted by molar-refractivity contribution is 0.738. The Labute approximate surface area is 203 Å². The van der Waals surface area contributed by atoms with Gasteiger partial charge in [-0.1, -0.05) is 121 Å². The van der Waals surface area contributed by atoms with E-state index in [1.807, 2.05) is 0 Å². The molecule has 0 saturated carbocycles. The van der Waals surface area contributed by atoms with Crippen molar-refractivity contribution < 1.29 is 0 Å². The van der Waals surface area contributed by atoms with Gasteiger partial charge in [0.25, 0.3) is 0 Å². The predicted octanol–water partition coefficient (Wildman–Crippen LogP) is 8.18. The number of benzene rings is 4. The zero-order valence-corrected chi connectivity index (χ0v) is 19.5. The molecule has 0 aliphatic heterocycles. The highest BCUT2D eigenvalue weighted by molar-refractivity contribution is 5.57. The molecule has 34 heavy (non-hydrogen) atoms. The van der Waals surface area contributed by atoms with Gasteiger partial charge in [0, 0.05) is 11.8 Å². The van der Waals surface area contributed by atoms with E-state index >= 15 is 0 Å². The fourth-order valence-corrected chi connectivity index (χ4v) is 5.50. The summed E-state index contributed by atoms with van der Waals surface area (Å²) >= 11 is 0. The van der Waals surface area contributed by atoms with Gasteiger partial charge >= 0.3 is 0 Å². The van der Waals surface area contributed by atoms with Crippen molar-refractivity contribution in [2.45, 2.75) is 37.5 Å². The predicted molar refractivity (Wildman–Crippen MR) is 144 cm³/mol. The fraction of sp³-hybridized carbons (Fsp3) is 0.176. The third kappa shape index (κ3) is 4.54. The zero-order chi connectivity index (χ0) is 22.7. The Kier molecular flexibility index (Phi) is 5.73. The van der Waals surface area contributed by atoms with Gasteiger partial charge in [0.15, 0.2) is 0 Å². The quantitative estimate of drug-likeness (QED) is 0.260. The first-order valence-corrected chi connectivity index (χ1v) is 12.5. The standard InChI is InChI=1S/C34H30/c1-5-25-13-15-29-9-3-12-32(23-29)34-20-18-28-8-2-6-26(22-28)14-16-30-10-4-11-31(24-30)33(34)19-17-27(7-1)21-25/h1-12,17-24,33-34H,13-16H2/b19-17+,20-18+/t33-,34+. The van der Waals surface area contributed by atoms with E-state index < -0.39 is 0 Å². The van der Waals surface area contributed by atoms with E-state index in [9.17, 15) is 0 Å². The Hall–Kier alpha value is -3.64. The number of allylic oxidation sites excluding steroid dienone is 2. The molecule has 0 N–H and O–H groups in total. The van der Waals surface area contributed by atoms with Crippen LogP contribution in [0.15, 0.2) is 109 Å². The average Bonchev–Trinajstić information content (AvgIpc) is 2.88. The van der Waals surface area contributed by atoms with E-state index in [1.165, 1.54) is 44.5 Å². The van der Waals surface area contributed by atoms with Gasteiger partial charge in [-0.2, -0.15) is 0 Å². The first-order chi connectivity index (χ1) is 16.8. The third-order valence-electron chi connectivity index (χ3n) is 7.36. The first kappa shape index (κ1) is 20.9. The van der Waals surface area contributed by atoms with Crippen LogP contribution < -0.4 is 0 Å². The highest BCUT2D eigenvalue weighted by atomic mass is 14.3. The molecule has 4 aromatic rings. The lowest BCUT2D eigenvalue weighted by atomic mass is 9.78. The summed E-state index contributed by atoms with van der Waals surface area (Å²) in [6, 6.07) is 36.6. The second-order valence-electron chi connectivity index (χ2n) is 9.75. The Morgan fingerprint density at radius 1 is 0.412 bits per heavy atom. The molecular formula is C34H30. The minimum Gasteiger partial charge on any atom is -0.0755 e. The molecule has 0 nitrogen and oxygen atoms in total. The summed E-state index contributed by atoms with van der Waals surface area (Å²) < 4.78 is 0. The second kappa shape index (κ2) is 9.31. The van der Waals surface area contributed by atoms with Gasteiger partial charge in [-0.3, -0.25) is 0 Å². The SMILES string of the molecule is C1=C/[C@H]2c3cccc(c3)CCc3cccc(c3)/C=C/[C@@H]2c2cccc(c2)CCc2cccc/1c2. The van der Waals surface area contributed by atoms with Gasteiger partial charge in [0.2, 0.25) is 0 Å². The second-order valence-corrected chi connectivity index (χ2v) is 9.75. The van der Waals surface area contributed by atoms with Crippen LogP contribution in [0.25, 0.3) is 12.2 Å². The minimum atomic E-state index is 0.261. The van der Waals surface area contributed by atoms with Crippen LogP contribution in [0.1, 0.15) is 56.3 Å². The molecular weight excluding hydrogens is 408 g/mol. The number of hydrogen-bond acceptors (Lipinski definition) is 0. The molecule has 0 spiro atoms. The lowest BCUT2D eigenvalue weighted by Gasteiger charge is -2.25. The Balaban J connectivity index is 1.56. The van der Waals surface area contributed by atoms with Gasteiger partial charge in [-0.15, -0.1) is 0 Å². The number of aryl methyl sites for hydroxylation is 4. The van der Waals surface area contributed by atoms with Crippen LogP contribution >= 0.6 is 0 Å². The van der Waals surface area contributed by atoms with Crippen molar-refractivity contribution in [2.24, 2.45) is 0 Å². The van der Waals surface area contributed by atoms with Crippen LogP contribution in [-0.4, -0.2) is 0 Å². The van der Waals surface area contributed by atoms with Gasteiger partial charge in [-0.05, 0) is 70.2 Å². The molecule has 2 atom stereocenters. The van der Waals surface area contributed by atoms with E-state index in [2.05, 4.69) is 121 Å². The Morgan fingerprint density at radius 3 is 1.24 bits per heavy atom. The maximum absolute atomic E-state index is 2.44. The topological polar surface area (TPSA) is 0 Å². The van der Waals surface area contributed by atoms with Crippen LogP contribution in [-0.2, 0) is 25.7 Å². The van der Waals surface area contributed by atoms with E-state index in [4.69, 9.17) is 0 Å². The number of hydrogen-bond donors (Lipinski definition) is 0. The summed E-state index contributed by atoms with van der Waals surface area (Å²) in [6.45, 7) is 0. The average molecular weight is 439 g/mol. The van der Waals surface area contributed by atoms with Crippen LogP contribution in [0.5, 0.6) is 0 Å². The number of fused-ring (bicyclic) bond motifs is 11. The largest absolute Gasteiger partial charge is 0.0755 e. The smallest absolute Gasteiger partial charge is 0.0125 e. The van der Waals surface area contributed by atoms with Gasteiger partial charge < -0.3 is 0 Å². The van der Waals surface area contributed by atoms with Crippen molar-refractivity contribution in [3.05, 3.63) is 154 Å². The van der Waals surface area contributed by atoms with Crippen LogP contribution in [0.3, 0.4) is 0 Å². The van der Waals surface area contributed by atoms with Crippen LogP contribution in [0.2, 0.25) is 0 Å². The fourth-order valence-electron chi connectivity index (χ4n) is 5.50. The molecule has 4 aromatic carbocycles. The van der Waals surface area contributed by atoms with Crippen LogP contribution in [0, 0.1) is 0 Å². The van der Waals surface area contributed by atoms with E-state index in [0.717, 1.165) is 25.7 Å². The molecule has 166 valence electrons. The van der Waals surface area contributed by atoms with Crippen molar-refractivity contribution in [3.63, 3.8) is 0 Å². The lowest BCUT2D eigenvalue weighted by Crippen LogP contribution is -2.10. The molecule has 8 bridgehead atoms. The van der Waals surface area contributed by atoms with Gasteiger partial charge in [-0.25, -0.2) is 0 Å². The normalized spacial score (nSPS) is 20.9. The highest BCUT2D eigenvalue weighted by Gasteiger charge is 2.22. The monoisotopic (exact) mass is 438 g/mol. The molecule has 6 rings (SSSR count). The molecule has 0 heteroatoms. The van der Waals surface area contributed by atoms with Crippen molar-refractivity contribution in [1.29, 1.82) is 0 Å². The van der Waals surface area contributed by atoms with Gasteiger partial charge in [0.05, 0.1) is 0 Å². The van der Waals surface area contributed by atoms with E-state index in [0.29, 0.717) is 0 Å². The molecule has 2 aliphatic rings. The Bertz CT molecular complexity index is 1260. The van der Waals surface area contributed by atoms with Gasteiger partial charge in [0.1, 0.15) is 0 Å². The maximum Gasteiger partial charge on any atom is 0.0125 e. The van der Waals surface area contributed by atoms with Crippen molar-refractivity contribution in [3.8, 4) is 0 Å². The number of rotatable bonds is 0. The minimum absolute atomic E-state index is 0.261. The Morgan fingerprint density at radius 2 is 0.794 bits per heavy atom. The molecule has 0 fully saturated rings. The zero-order valence-electron chi connectivity index (χ0n) is 19.5. The molecule has 0 aromatic heterocycles. The maximum atomic E-state index is 2.44. The third-order valence-corrected chi connectivity index (χ3v) is 7.36. The molecule has 0 radical (unpaired) electrons.